The summed E-state index contributed by atoms with van der Waals surface area (Å²) in [5, 5.41) is 0.464. The van der Waals surface area contributed by atoms with Crippen molar-refractivity contribution in [2.75, 3.05) is 4.90 Å². The largest absolute Gasteiger partial charge is 0.275 e. The van der Waals surface area contributed by atoms with E-state index in [1.807, 2.05) is 60.7 Å². The molecule has 0 unspecified atom stereocenters. The quantitative estimate of drug-likeness (QED) is 0.560. The molecule has 4 heteroatoms. The van der Waals surface area contributed by atoms with Crippen LogP contribution in [0.25, 0.3) is 0 Å². The number of fused-ring (bicyclic) bond motifs is 2. The first-order valence-corrected chi connectivity index (χ1v) is 8.40. The van der Waals surface area contributed by atoms with Crippen LogP contribution in [-0.2, 0) is 0 Å². The highest BCUT2D eigenvalue weighted by Gasteiger charge is 2.29. The molecular weight excluding hydrogens is 326 g/mol. The second kappa shape index (κ2) is 5.76. The zero-order valence-electron chi connectivity index (χ0n) is 12.1. The number of carbonyl (C=O) groups is 1. The molecule has 0 saturated heterocycles. The molecule has 1 aliphatic rings. The molecule has 3 aromatic carbocycles. The van der Waals surface area contributed by atoms with Crippen molar-refractivity contribution in [3.05, 3.63) is 83.4 Å². The smallest absolute Gasteiger partial charge is 0.264 e. The van der Waals surface area contributed by atoms with E-state index >= 15 is 0 Å². The van der Waals surface area contributed by atoms with Crippen LogP contribution in [0.3, 0.4) is 0 Å². The van der Waals surface area contributed by atoms with E-state index in [1.54, 1.807) is 28.8 Å². The first-order chi connectivity index (χ1) is 11.3. The van der Waals surface area contributed by atoms with Crippen LogP contribution in [0.1, 0.15) is 10.4 Å². The Morgan fingerprint density at radius 2 is 1.30 bits per heavy atom. The number of amides is 1. The average Bonchev–Trinajstić information content (AvgIpc) is 2.59. The third-order valence-electron chi connectivity index (χ3n) is 3.74. The summed E-state index contributed by atoms with van der Waals surface area (Å²) in [7, 11) is 0. The van der Waals surface area contributed by atoms with E-state index in [-0.39, 0.29) is 5.91 Å². The zero-order valence-corrected chi connectivity index (χ0v) is 13.6. The van der Waals surface area contributed by atoms with Crippen LogP contribution in [0, 0.1) is 0 Å². The molecule has 0 spiro atoms. The third kappa shape index (κ3) is 2.42. The molecule has 0 radical (unpaired) electrons. The van der Waals surface area contributed by atoms with Crippen LogP contribution in [0.2, 0.25) is 5.02 Å². The maximum absolute atomic E-state index is 13.2. The number of hydrogen-bond donors (Lipinski definition) is 0. The Bertz CT molecular complexity index is 864. The minimum absolute atomic E-state index is 0.115. The molecule has 0 N–H and O–H groups in total. The monoisotopic (exact) mass is 337 g/mol. The Morgan fingerprint density at radius 3 is 1.91 bits per heavy atom. The van der Waals surface area contributed by atoms with Gasteiger partial charge in [0.2, 0.25) is 0 Å². The van der Waals surface area contributed by atoms with Crippen molar-refractivity contribution in [2.24, 2.45) is 0 Å². The summed E-state index contributed by atoms with van der Waals surface area (Å²) in [6.07, 6.45) is 0. The van der Waals surface area contributed by atoms with Crippen LogP contribution in [-0.4, -0.2) is 5.91 Å². The van der Waals surface area contributed by atoms with Crippen molar-refractivity contribution in [1.82, 2.24) is 0 Å². The van der Waals surface area contributed by atoms with Gasteiger partial charge in [-0.1, -0.05) is 59.8 Å². The predicted octanol–water partition coefficient (Wildman–Crippen LogP) is 5.78. The number of para-hydroxylation sites is 2. The fourth-order valence-electron chi connectivity index (χ4n) is 2.68. The van der Waals surface area contributed by atoms with E-state index in [0.29, 0.717) is 10.6 Å². The van der Waals surface area contributed by atoms with Gasteiger partial charge in [0.15, 0.2) is 0 Å². The van der Waals surface area contributed by atoms with E-state index in [2.05, 4.69) is 0 Å². The highest BCUT2D eigenvalue weighted by Crippen LogP contribution is 2.48. The predicted molar refractivity (Wildman–Crippen MR) is 94.9 cm³/mol. The lowest BCUT2D eigenvalue weighted by atomic mass is 10.1. The first kappa shape index (κ1) is 14.4. The van der Waals surface area contributed by atoms with Crippen molar-refractivity contribution in [3.8, 4) is 0 Å². The molecule has 2 nitrogen and oxygen atoms in total. The molecule has 3 aromatic rings. The third-order valence-corrected chi connectivity index (χ3v) is 5.20. The summed E-state index contributed by atoms with van der Waals surface area (Å²) in [5.74, 6) is -0.115. The van der Waals surface area contributed by atoms with E-state index in [0.717, 1.165) is 21.2 Å². The molecule has 4 rings (SSSR count). The van der Waals surface area contributed by atoms with Crippen molar-refractivity contribution in [1.29, 1.82) is 0 Å². The molecule has 0 atom stereocenters. The number of nitrogens with zero attached hydrogens (tertiary/aromatic N) is 1. The van der Waals surface area contributed by atoms with Crippen molar-refractivity contribution >= 4 is 40.6 Å². The Balaban J connectivity index is 1.91. The molecule has 0 bridgehead atoms. The average molecular weight is 338 g/mol. The molecule has 112 valence electrons. The van der Waals surface area contributed by atoms with Gasteiger partial charge in [-0.05, 0) is 36.4 Å². The van der Waals surface area contributed by atoms with Crippen LogP contribution in [0.5, 0.6) is 0 Å². The van der Waals surface area contributed by atoms with Crippen LogP contribution in [0.4, 0.5) is 11.4 Å². The Hall–Kier alpha value is -2.23. The number of hydrogen-bond acceptors (Lipinski definition) is 2. The molecule has 1 heterocycles. The molecule has 1 aliphatic heterocycles. The highest BCUT2D eigenvalue weighted by atomic mass is 35.5. The number of halogens is 1. The van der Waals surface area contributed by atoms with Crippen molar-refractivity contribution in [3.63, 3.8) is 0 Å². The number of benzene rings is 3. The van der Waals surface area contributed by atoms with Crippen LogP contribution >= 0.6 is 23.4 Å². The SMILES string of the molecule is O=C(c1ccccc1Cl)N1c2ccccc2Sc2ccccc21. The second-order valence-corrected chi connectivity index (χ2v) is 6.65. The summed E-state index contributed by atoms with van der Waals surface area (Å²) in [6, 6.07) is 23.0. The lowest BCUT2D eigenvalue weighted by Gasteiger charge is -2.31. The van der Waals surface area contributed by atoms with E-state index < -0.39 is 0 Å². The molecule has 0 saturated carbocycles. The zero-order chi connectivity index (χ0) is 15.8. The molecule has 1 amide bonds. The summed E-state index contributed by atoms with van der Waals surface area (Å²) in [5.41, 5.74) is 2.29. The van der Waals surface area contributed by atoms with Crippen LogP contribution in [0.15, 0.2) is 82.6 Å². The molecule has 23 heavy (non-hydrogen) atoms. The van der Waals surface area contributed by atoms with Gasteiger partial charge in [-0.25, -0.2) is 0 Å². The standard InChI is InChI=1S/C19H12ClNOS/c20-14-8-2-1-7-13(14)19(22)21-15-9-3-5-11-17(15)23-18-12-6-4-10-16(18)21/h1-12H. The molecule has 0 fully saturated rings. The topological polar surface area (TPSA) is 20.3 Å². The summed E-state index contributed by atoms with van der Waals surface area (Å²) < 4.78 is 0. The maximum atomic E-state index is 13.2. The Kier molecular flexibility index (Phi) is 3.60. The van der Waals surface area contributed by atoms with E-state index in [1.165, 1.54) is 0 Å². The molecule has 0 aromatic heterocycles. The van der Waals surface area contributed by atoms with Gasteiger partial charge in [0.05, 0.1) is 22.0 Å². The number of carbonyl (C=O) groups excluding carboxylic acids is 1. The lowest BCUT2D eigenvalue weighted by Crippen LogP contribution is -2.28. The van der Waals surface area contributed by atoms with Gasteiger partial charge in [0.25, 0.3) is 5.91 Å². The lowest BCUT2D eigenvalue weighted by molar-refractivity contribution is 0.0998. The fourth-order valence-corrected chi connectivity index (χ4v) is 3.95. The minimum atomic E-state index is -0.115. The second-order valence-electron chi connectivity index (χ2n) is 5.16. The fraction of sp³-hybridized carbons (Fsp3) is 0. The summed E-state index contributed by atoms with van der Waals surface area (Å²) in [4.78, 5) is 17.1. The van der Waals surface area contributed by atoms with Crippen molar-refractivity contribution < 1.29 is 4.79 Å². The van der Waals surface area contributed by atoms with Crippen LogP contribution < -0.4 is 4.90 Å². The van der Waals surface area contributed by atoms with Gasteiger partial charge >= 0.3 is 0 Å². The maximum Gasteiger partial charge on any atom is 0.264 e. The highest BCUT2D eigenvalue weighted by molar-refractivity contribution is 7.99. The molecular formula is C19H12ClNOS. The van der Waals surface area contributed by atoms with Gasteiger partial charge in [-0.15, -0.1) is 0 Å². The van der Waals surface area contributed by atoms with Gasteiger partial charge in [-0.2, -0.15) is 0 Å². The minimum Gasteiger partial charge on any atom is -0.275 e. The summed E-state index contributed by atoms with van der Waals surface area (Å²) in [6.45, 7) is 0. The number of rotatable bonds is 1. The van der Waals surface area contributed by atoms with Crippen molar-refractivity contribution in [2.45, 2.75) is 9.79 Å². The Labute approximate surface area is 143 Å². The number of anilines is 2. The van der Waals surface area contributed by atoms with E-state index in [4.69, 9.17) is 11.6 Å². The summed E-state index contributed by atoms with van der Waals surface area (Å²) >= 11 is 7.92. The van der Waals surface area contributed by atoms with Gasteiger partial charge in [0.1, 0.15) is 0 Å². The van der Waals surface area contributed by atoms with E-state index in [9.17, 15) is 4.79 Å². The van der Waals surface area contributed by atoms with Gasteiger partial charge < -0.3 is 0 Å². The Morgan fingerprint density at radius 1 is 0.783 bits per heavy atom. The first-order valence-electron chi connectivity index (χ1n) is 7.20. The molecule has 0 aliphatic carbocycles. The van der Waals surface area contributed by atoms with Gasteiger partial charge in [0, 0.05) is 9.79 Å². The normalized spacial score (nSPS) is 12.5. The van der Waals surface area contributed by atoms with Gasteiger partial charge in [-0.3, -0.25) is 9.69 Å².